The van der Waals surface area contributed by atoms with E-state index in [1.165, 1.54) is 0 Å². The summed E-state index contributed by atoms with van der Waals surface area (Å²) in [5.41, 5.74) is 0.965. The molecule has 0 aromatic heterocycles. The number of rotatable bonds is 3. The molecule has 102 valence electrons. The number of para-hydroxylation sites is 2. The molecule has 0 aliphatic carbocycles. The second kappa shape index (κ2) is 5.67. The van der Waals surface area contributed by atoms with Crippen molar-refractivity contribution < 1.29 is 14.3 Å². The second-order valence-corrected chi connectivity index (χ2v) is 5.55. The standard InChI is InChI=1S/C16H13BrO3/c17-12-5-3-4-11(8-12)9-13(18)16-10-19-14-6-1-2-7-15(14)20-16/h1-8,16H,9-10H2. The number of ether oxygens (including phenoxy) is 2. The first-order valence-electron chi connectivity index (χ1n) is 6.38. The predicted molar refractivity (Wildman–Crippen MR) is 79.2 cm³/mol. The van der Waals surface area contributed by atoms with Crippen LogP contribution in [0.15, 0.2) is 53.0 Å². The van der Waals surface area contributed by atoms with E-state index in [1.54, 1.807) is 0 Å². The Balaban J connectivity index is 1.70. The van der Waals surface area contributed by atoms with Crippen LogP contribution in [-0.2, 0) is 11.2 Å². The van der Waals surface area contributed by atoms with Gasteiger partial charge in [-0.2, -0.15) is 0 Å². The second-order valence-electron chi connectivity index (χ2n) is 4.64. The van der Waals surface area contributed by atoms with Crippen molar-refractivity contribution in [3.05, 3.63) is 58.6 Å². The third-order valence-electron chi connectivity index (χ3n) is 3.14. The van der Waals surface area contributed by atoms with Crippen molar-refractivity contribution in [2.45, 2.75) is 12.5 Å². The number of halogens is 1. The zero-order valence-corrected chi connectivity index (χ0v) is 12.3. The highest BCUT2D eigenvalue weighted by atomic mass is 79.9. The molecule has 1 aliphatic heterocycles. The van der Waals surface area contributed by atoms with E-state index < -0.39 is 6.10 Å². The number of carbonyl (C=O) groups is 1. The van der Waals surface area contributed by atoms with Crippen molar-refractivity contribution in [2.24, 2.45) is 0 Å². The van der Waals surface area contributed by atoms with Gasteiger partial charge in [-0.05, 0) is 29.8 Å². The van der Waals surface area contributed by atoms with Crippen LogP contribution in [0.4, 0.5) is 0 Å². The van der Waals surface area contributed by atoms with Crippen LogP contribution in [0.25, 0.3) is 0 Å². The maximum Gasteiger partial charge on any atom is 0.191 e. The van der Waals surface area contributed by atoms with Crippen LogP contribution < -0.4 is 9.47 Å². The molecule has 2 aromatic rings. The van der Waals surface area contributed by atoms with E-state index in [0.717, 1.165) is 10.0 Å². The van der Waals surface area contributed by atoms with Crippen molar-refractivity contribution in [2.75, 3.05) is 6.61 Å². The molecular weight excluding hydrogens is 320 g/mol. The number of carbonyl (C=O) groups excluding carboxylic acids is 1. The van der Waals surface area contributed by atoms with E-state index in [4.69, 9.17) is 9.47 Å². The van der Waals surface area contributed by atoms with Crippen molar-refractivity contribution in [1.82, 2.24) is 0 Å². The highest BCUT2D eigenvalue weighted by molar-refractivity contribution is 9.10. The van der Waals surface area contributed by atoms with E-state index in [0.29, 0.717) is 17.9 Å². The topological polar surface area (TPSA) is 35.5 Å². The summed E-state index contributed by atoms with van der Waals surface area (Å²) in [5, 5.41) is 0. The average molecular weight is 333 g/mol. The van der Waals surface area contributed by atoms with Gasteiger partial charge in [0, 0.05) is 10.9 Å². The Morgan fingerprint density at radius 2 is 1.95 bits per heavy atom. The molecule has 0 spiro atoms. The molecule has 1 aliphatic rings. The first kappa shape index (κ1) is 13.2. The number of fused-ring (bicyclic) bond motifs is 1. The molecule has 4 heteroatoms. The fraction of sp³-hybridized carbons (Fsp3) is 0.188. The van der Waals surface area contributed by atoms with Crippen molar-refractivity contribution in [1.29, 1.82) is 0 Å². The molecule has 0 fully saturated rings. The molecule has 3 rings (SSSR count). The van der Waals surface area contributed by atoms with Gasteiger partial charge in [-0.1, -0.05) is 40.2 Å². The van der Waals surface area contributed by atoms with Gasteiger partial charge >= 0.3 is 0 Å². The minimum Gasteiger partial charge on any atom is -0.485 e. The van der Waals surface area contributed by atoms with E-state index in [-0.39, 0.29) is 12.4 Å². The fourth-order valence-electron chi connectivity index (χ4n) is 2.14. The molecule has 0 saturated heterocycles. The lowest BCUT2D eigenvalue weighted by atomic mass is 10.1. The number of ketones is 1. The van der Waals surface area contributed by atoms with Crippen LogP contribution in [0.3, 0.4) is 0 Å². The van der Waals surface area contributed by atoms with Crippen molar-refractivity contribution in [3.8, 4) is 11.5 Å². The third-order valence-corrected chi connectivity index (χ3v) is 3.63. The molecule has 0 N–H and O–H groups in total. The summed E-state index contributed by atoms with van der Waals surface area (Å²) >= 11 is 3.40. The maximum atomic E-state index is 12.3. The lowest BCUT2D eigenvalue weighted by molar-refractivity contribution is -0.127. The molecule has 1 atom stereocenters. The summed E-state index contributed by atoms with van der Waals surface area (Å²) in [6, 6.07) is 15.1. The fourth-order valence-corrected chi connectivity index (χ4v) is 2.59. The molecule has 0 amide bonds. The van der Waals surface area contributed by atoms with E-state index in [2.05, 4.69) is 15.9 Å². The summed E-state index contributed by atoms with van der Waals surface area (Å²) in [6.45, 7) is 0.268. The summed E-state index contributed by atoms with van der Waals surface area (Å²) < 4.78 is 12.2. The Labute approximate surface area is 125 Å². The number of hydrogen-bond acceptors (Lipinski definition) is 3. The largest absolute Gasteiger partial charge is 0.485 e. The summed E-state index contributed by atoms with van der Waals surface area (Å²) in [4.78, 5) is 12.3. The molecule has 1 heterocycles. The first-order chi connectivity index (χ1) is 9.72. The van der Waals surface area contributed by atoms with Gasteiger partial charge in [0.15, 0.2) is 23.4 Å². The monoisotopic (exact) mass is 332 g/mol. The average Bonchev–Trinajstić information content (AvgIpc) is 2.47. The highest BCUT2D eigenvalue weighted by Gasteiger charge is 2.26. The highest BCUT2D eigenvalue weighted by Crippen LogP contribution is 2.31. The number of Topliss-reactive ketones (excluding diaryl/α,β-unsaturated/α-hetero) is 1. The molecule has 1 unspecified atom stereocenters. The Morgan fingerprint density at radius 1 is 1.15 bits per heavy atom. The van der Waals surface area contributed by atoms with Gasteiger partial charge in [0.2, 0.25) is 0 Å². The molecule has 2 aromatic carbocycles. The van der Waals surface area contributed by atoms with Gasteiger partial charge in [-0.25, -0.2) is 0 Å². The molecule has 0 radical (unpaired) electrons. The van der Waals surface area contributed by atoms with Crippen LogP contribution in [0, 0.1) is 0 Å². The van der Waals surface area contributed by atoms with Gasteiger partial charge in [-0.3, -0.25) is 4.79 Å². The Kier molecular flexibility index (Phi) is 3.74. The van der Waals surface area contributed by atoms with Crippen LogP contribution >= 0.6 is 15.9 Å². The minimum absolute atomic E-state index is 0.0256. The van der Waals surface area contributed by atoms with Gasteiger partial charge in [-0.15, -0.1) is 0 Å². The first-order valence-corrected chi connectivity index (χ1v) is 7.17. The minimum atomic E-state index is -0.538. The van der Waals surface area contributed by atoms with E-state index in [1.807, 2.05) is 48.5 Å². The lowest BCUT2D eigenvalue weighted by Crippen LogP contribution is -2.37. The molecular formula is C16H13BrO3. The van der Waals surface area contributed by atoms with E-state index in [9.17, 15) is 4.79 Å². The Bertz CT molecular complexity index is 639. The molecule has 20 heavy (non-hydrogen) atoms. The number of hydrogen-bond donors (Lipinski definition) is 0. The molecule has 0 saturated carbocycles. The molecule has 3 nitrogen and oxygen atoms in total. The smallest absolute Gasteiger partial charge is 0.191 e. The van der Waals surface area contributed by atoms with Crippen LogP contribution in [-0.4, -0.2) is 18.5 Å². The van der Waals surface area contributed by atoms with Crippen molar-refractivity contribution in [3.63, 3.8) is 0 Å². The van der Waals surface area contributed by atoms with Crippen LogP contribution in [0.2, 0.25) is 0 Å². The summed E-state index contributed by atoms with van der Waals surface area (Å²) in [7, 11) is 0. The van der Waals surface area contributed by atoms with Crippen LogP contribution in [0.5, 0.6) is 11.5 Å². The molecule has 0 bridgehead atoms. The third kappa shape index (κ3) is 2.85. The maximum absolute atomic E-state index is 12.3. The Morgan fingerprint density at radius 3 is 2.75 bits per heavy atom. The summed E-state index contributed by atoms with van der Waals surface area (Å²) in [6.07, 6.45) is -0.195. The zero-order valence-electron chi connectivity index (χ0n) is 10.7. The predicted octanol–water partition coefficient (Wildman–Crippen LogP) is 3.40. The van der Waals surface area contributed by atoms with E-state index >= 15 is 0 Å². The normalized spacial score (nSPS) is 16.8. The Hall–Kier alpha value is -1.81. The van der Waals surface area contributed by atoms with Crippen LogP contribution in [0.1, 0.15) is 5.56 Å². The van der Waals surface area contributed by atoms with Gasteiger partial charge in [0.05, 0.1) is 0 Å². The van der Waals surface area contributed by atoms with Gasteiger partial charge in [0.1, 0.15) is 6.61 Å². The number of benzene rings is 2. The lowest BCUT2D eigenvalue weighted by Gasteiger charge is -2.25. The summed E-state index contributed by atoms with van der Waals surface area (Å²) in [5.74, 6) is 1.35. The van der Waals surface area contributed by atoms with Gasteiger partial charge < -0.3 is 9.47 Å². The quantitative estimate of drug-likeness (QED) is 0.864. The SMILES string of the molecule is O=C(Cc1cccc(Br)c1)C1COc2ccccc2O1. The van der Waals surface area contributed by atoms with Crippen molar-refractivity contribution >= 4 is 21.7 Å². The zero-order chi connectivity index (χ0) is 13.9. The van der Waals surface area contributed by atoms with Gasteiger partial charge in [0.25, 0.3) is 0 Å².